The Kier molecular flexibility index (Phi) is 6.15. The van der Waals surface area contributed by atoms with Gasteiger partial charge in [0.1, 0.15) is 5.82 Å². The van der Waals surface area contributed by atoms with Gasteiger partial charge in [0.2, 0.25) is 10.0 Å². The van der Waals surface area contributed by atoms with Crippen LogP contribution in [0.3, 0.4) is 0 Å². The Bertz CT molecular complexity index is 984. The molecule has 0 bridgehead atoms. The number of aromatic nitrogens is 1. The highest BCUT2D eigenvalue weighted by Gasteiger charge is 2.36. The van der Waals surface area contributed by atoms with Gasteiger partial charge < -0.3 is 4.90 Å². The van der Waals surface area contributed by atoms with Crippen molar-refractivity contribution in [1.29, 1.82) is 0 Å². The molecule has 5 nitrogen and oxygen atoms in total. The fourth-order valence-corrected chi connectivity index (χ4v) is 4.96. The Balaban J connectivity index is 1.80. The van der Waals surface area contributed by atoms with Crippen molar-refractivity contribution in [2.75, 3.05) is 31.1 Å². The largest absolute Gasteiger partial charge is 0.419 e. The average molecular weight is 442 g/mol. The second-order valence-electron chi connectivity index (χ2n) is 8.39. The van der Waals surface area contributed by atoms with Gasteiger partial charge in [0.25, 0.3) is 0 Å². The molecule has 164 valence electrons. The van der Waals surface area contributed by atoms with Crippen molar-refractivity contribution < 1.29 is 21.6 Å². The molecule has 30 heavy (non-hydrogen) atoms. The maximum absolute atomic E-state index is 13.3. The van der Waals surface area contributed by atoms with Crippen molar-refractivity contribution in [2.45, 2.75) is 43.7 Å². The van der Waals surface area contributed by atoms with Gasteiger partial charge in [-0.05, 0) is 41.7 Å². The van der Waals surface area contributed by atoms with E-state index in [1.54, 1.807) is 24.3 Å². The number of anilines is 1. The zero-order valence-corrected chi connectivity index (χ0v) is 18.1. The summed E-state index contributed by atoms with van der Waals surface area (Å²) in [6.45, 7) is 6.92. The number of halogens is 3. The highest BCUT2D eigenvalue weighted by molar-refractivity contribution is 7.89. The summed E-state index contributed by atoms with van der Waals surface area (Å²) < 4.78 is 67.5. The number of sulfonamides is 1. The molecule has 0 unspecified atom stereocenters. The van der Waals surface area contributed by atoms with Gasteiger partial charge in [-0.25, -0.2) is 13.4 Å². The van der Waals surface area contributed by atoms with Crippen molar-refractivity contribution in [3.63, 3.8) is 0 Å². The molecular formula is C21H26F3N3O2S. The van der Waals surface area contributed by atoms with Crippen molar-refractivity contribution in [3.05, 3.63) is 53.7 Å². The number of nitrogens with zero attached hydrogens (tertiary/aromatic N) is 3. The summed E-state index contributed by atoms with van der Waals surface area (Å²) >= 11 is 0. The Morgan fingerprint density at radius 3 is 2.20 bits per heavy atom. The number of hydrogen-bond acceptors (Lipinski definition) is 4. The van der Waals surface area contributed by atoms with Gasteiger partial charge in [-0.2, -0.15) is 17.5 Å². The fourth-order valence-electron chi connectivity index (χ4n) is 3.49. The summed E-state index contributed by atoms with van der Waals surface area (Å²) in [6, 6.07) is 9.06. The first-order chi connectivity index (χ1) is 13.9. The number of alkyl halides is 3. The molecule has 0 spiro atoms. The maximum atomic E-state index is 13.3. The highest BCUT2D eigenvalue weighted by Crippen LogP contribution is 2.35. The SMILES string of the molecule is CC(C)(C)c1ccc(S(=O)(=O)N2CCCN(c3ncccc3C(F)(F)F)CC2)cc1. The lowest BCUT2D eigenvalue weighted by molar-refractivity contribution is -0.137. The van der Waals surface area contributed by atoms with Crippen LogP contribution in [0.25, 0.3) is 0 Å². The summed E-state index contributed by atoms with van der Waals surface area (Å²) in [5.74, 6) is -0.154. The van der Waals surface area contributed by atoms with Gasteiger partial charge in [-0.3, -0.25) is 0 Å². The first kappa shape index (κ1) is 22.6. The molecule has 0 atom stereocenters. The molecule has 2 heterocycles. The van der Waals surface area contributed by atoms with E-state index in [2.05, 4.69) is 4.98 Å². The summed E-state index contributed by atoms with van der Waals surface area (Å²) in [4.78, 5) is 5.63. The molecule has 1 saturated heterocycles. The molecule has 3 rings (SSSR count). The van der Waals surface area contributed by atoms with Crippen LogP contribution in [-0.4, -0.2) is 43.9 Å². The number of benzene rings is 1. The standard InChI is InChI=1S/C21H26F3N3O2S/c1-20(2,3)16-7-9-17(10-8-16)30(28,29)27-13-5-12-26(14-15-27)19-18(21(22,23)24)6-4-11-25-19/h4,6-11H,5,12-15H2,1-3H3. The minimum atomic E-state index is -4.52. The van der Waals surface area contributed by atoms with Gasteiger partial charge in [0.05, 0.1) is 10.5 Å². The normalized spacial score (nSPS) is 17.1. The molecule has 2 aromatic rings. The molecule has 0 radical (unpaired) electrons. The summed E-state index contributed by atoms with van der Waals surface area (Å²) in [7, 11) is -3.73. The van der Waals surface area contributed by atoms with Crippen LogP contribution in [-0.2, 0) is 21.6 Å². The predicted molar refractivity (Wildman–Crippen MR) is 110 cm³/mol. The molecule has 0 saturated carbocycles. The summed E-state index contributed by atoms with van der Waals surface area (Å²) in [5.41, 5.74) is 0.127. The van der Waals surface area contributed by atoms with Crippen molar-refractivity contribution in [1.82, 2.24) is 9.29 Å². The van der Waals surface area contributed by atoms with Crippen LogP contribution < -0.4 is 4.90 Å². The summed E-state index contributed by atoms with van der Waals surface area (Å²) in [5, 5.41) is 0. The second kappa shape index (κ2) is 8.19. The average Bonchev–Trinajstić information content (AvgIpc) is 2.93. The van der Waals surface area contributed by atoms with Crippen LogP contribution in [0.2, 0.25) is 0 Å². The van der Waals surface area contributed by atoms with E-state index in [1.807, 2.05) is 20.8 Å². The van der Waals surface area contributed by atoms with E-state index >= 15 is 0 Å². The topological polar surface area (TPSA) is 53.5 Å². The van der Waals surface area contributed by atoms with Crippen LogP contribution in [0.4, 0.5) is 19.0 Å². The minimum Gasteiger partial charge on any atom is -0.355 e. The molecule has 1 aliphatic heterocycles. The van der Waals surface area contributed by atoms with E-state index in [0.29, 0.717) is 13.0 Å². The van der Waals surface area contributed by atoms with E-state index in [9.17, 15) is 21.6 Å². The highest BCUT2D eigenvalue weighted by atomic mass is 32.2. The molecule has 0 N–H and O–H groups in total. The smallest absolute Gasteiger partial charge is 0.355 e. The molecule has 0 amide bonds. The molecular weight excluding hydrogens is 415 g/mol. The third-order valence-corrected chi connectivity index (χ3v) is 7.12. The van der Waals surface area contributed by atoms with Crippen LogP contribution in [0.1, 0.15) is 38.3 Å². The number of rotatable bonds is 3. The van der Waals surface area contributed by atoms with Gasteiger partial charge >= 0.3 is 6.18 Å². The third-order valence-electron chi connectivity index (χ3n) is 5.20. The Hall–Kier alpha value is -2.13. The monoisotopic (exact) mass is 441 g/mol. The molecule has 1 aromatic heterocycles. The van der Waals surface area contributed by atoms with E-state index in [0.717, 1.165) is 11.6 Å². The lowest BCUT2D eigenvalue weighted by atomic mass is 9.87. The molecule has 0 aliphatic carbocycles. The zero-order chi connectivity index (χ0) is 22.2. The fraction of sp³-hybridized carbons (Fsp3) is 0.476. The molecule has 1 aromatic carbocycles. The number of hydrogen-bond donors (Lipinski definition) is 0. The van der Waals surface area contributed by atoms with E-state index < -0.39 is 21.8 Å². The minimum absolute atomic E-state index is 0.0930. The molecule has 9 heteroatoms. The molecule has 1 aliphatic rings. The maximum Gasteiger partial charge on any atom is 0.419 e. The van der Waals surface area contributed by atoms with Gasteiger partial charge in [0.15, 0.2) is 0 Å². The number of pyridine rings is 1. The lowest BCUT2D eigenvalue weighted by Gasteiger charge is -2.25. The van der Waals surface area contributed by atoms with Gasteiger partial charge in [-0.15, -0.1) is 0 Å². The Morgan fingerprint density at radius 2 is 1.60 bits per heavy atom. The third kappa shape index (κ3) is 4.78. The van der Waals surface area contributed by atoms with Crippen molar-refractivity contribution in [2.24, 2.45) is 0 Å². The Labute approximate surface area is 175 Å². The second-order valence-corrected chi connectivity index (χ2v) is 10.3. The summed E-state index contributed by atoms with van der Waals surface area (Å²) in [6.07, 6.45) is -2.79. The predicted octanol–water partition coefficient (Wildman–Crippen LogP) is 4.30. The van der Waals surface area contributed by atoms with E-state index in [4.69, 9.17) is 0 Å². The van der Waals surface area contributed by atoms with Crippen LogP contribution in [0.5, 0.6) is 0 Å². The van der Waals surface area contributed by atoms with Gasteiger partial charge in [0, 0.05) is 32.4 Å². The van der Waals surface area contributed by atoms with Crippen LogP contribution in [0.15, 0.2) is 47.5 Å². The van der Waals surface area contributed by atoms with Crippen molar-refractivity contribution >= 4 is 15.8 Å². The first-order valence-corrected chi connectivity index (χ1v) is 11.2. The lowest BCUT2D eigenvalue weighted by Crippen LogP contribution is -2.36. The van der Waals surface area contributed by atoms with Crippen molar-refractivity contribution in [3.8, 4) is 0 Å². The van der Waals surface area contributed by atoms with Crippen LogP contribution in [0, 0.1) is 0 Å². The first-order valence-electron chi connectivity index (χ1n) is 9.78. The van der Waals surface area contributed by atoms with E-state index in [-0.39, 0.29) is 35.8 Å². The zero-order valence-electron chi connectivity index (χ0n) is 17.3. The van der Waals surface area contributed by atoms with E-state index in [1.165, 1.54) is 21.5 Å². The van der Waals surface area contributed by atoms with Gasteiger partial charge in [-0.1, -0.05) is 32.9 Å². The van der Waals surface area contributed by atoms with Crippen LogP contribution >= 0.6 is 0 Å². The Morgan fingerprint density at radius 1 is 0.933 bits per heavy atom. The quantitative estimate of drug-likeness (QED) is 0.713. The molecule has 1 fully saturated rings.